The van der Waals surface area contributed by atoms with E-state index in [2.05, 4.69) is 20.6 Å². The molecule has 3 rings (SSSR count). The van der Waals surface area contributed by atoms with Crippen molar-refractivity contribution in [3.8, 4) is 0 Å². The summed E-state index contributed by atoms with van der Waals surface area (Å²) in [5, 5.41) is 7.04. The average Bonchev–Trinajstić information content (AvgIpc) is 3.10. The van der Waals surface area contributed by atoms with Crippen LogP contribution >= 0.6 is 11.6 Å². The molecule has 0 radical (unpaired) electrons. The molecular formula is C19H22ClF2N5. The van der Waals surface area contributed by atoms with Gasteiger partial charge in [-0.25, -0.2) is 13.8 Å². The molecule has 2 heterocycles. The van der Waals surface area contributed by atoms with Gasteiger partial charge in [0.15, 0.2) is 5.96 Å². The normalized spacial score (nSPS) is 17.3. The molecule has 1 saturated heterocycles. The lowest BCUT2D eigenvalue weighted by Crippen LogP contribution is -2.45. The molecule has 1 atom stereocenters. The lowest BCUT2D eigenvalue weighted by molar-refractivity contribution is 0.576. The van der Waals surface area contributed by atoms with Crippen molar-refractivity contribution in [3.05, 3.63) is 58.9 Å². The van der Waals surface area contributed by atoms with Crippen molar-refractivity contribution in [2.75, 3.05) is 31.6 Å². The van der Waals surface area contributed by atoms with Gasteiger partial charge < -0.3 is 15.5 Å². The molecule has 0 bridgehead atoms. The number of anilines is 1. The van der Waals surface area contributed by atoms with Crippen molar-refractivity contribution in [3.63, 3.8) is 0 Å². The number of aromatic nitrogens is 1. The van der Waals surface area contributed by atoms with Gasteiger partial charge in [-0.3, -0.25) is 4.99 Å². The first-order chi connectivity index (χ1) is 13.1. The number of benzene rings is 1. The summed E-state index contributed by atoms with van der Waals surface area (Å²) < 4.78 is 27.9. The summed E-state index contributed by atoms with van der Waals surface area (Å²) in [6, 6.07) is 7.70. The number of nitrogens with zero attached hydrogens (tertiary/aromatic N) is 3. The van der Waals surface area contributed by atoms with E-state index in [0.29, 0.717) is 30.7 Å². The molecule has 1 aromatic heterocycles. The number of rotatable bonds is 5. The van der Waals surface area contributed by atoms with E-state index in [0.717, 1.165) is 18.4 Å². The molecule has 2 N–H and O–H groups in total. The summed E-state index contributed by atoms with van der Waals surface area (Å²) in [5.41, 5.74) is 1.12. The van der Waals surface area contributed by atoms with Crippen LogP contribution in [0.25, 0.3) is 0 Å². The van der Waals surface area contributed by atoms with Crippen LogP contribution in [0.2, 0.25) is 5.15 Å². The Labute approximate surface area is 162 Å². The van der Waals surface area contributed by atoms with Gasteiger partial charge in [0.2, 0.25) is 0 Å². The number of halogens is 3. The van der Waals surface area contributed by atoms with E-state index in [1.165, 1.54) is 18.2 Å². The van der Waals surface area contributed by atoms with E-state index < -0.39 is 11.6 Å². The van der Waals surface area contributed by atoms with Crippen LogP contribution in [0.1, 0.15) is 12.0 Å². The van der Waals surface area contributed by atoms with E-state index >= 15 is 0 Å². The van der Waals surface area contributed by atoms with Crippen LogP contribution in [0.3, 0.4) is 0 Å². The zero-order chi connectivity index (χ0) is 19.2. The molecule has 144 valence electrons. The highest BCUT2D eigenvalue weighted by molar-refractivity contribution is 6.29. The third-order valence-electron chi connectivity index (χ3n) is 4.50. The molecule has 1 fully saturated rings. The Kier molecular flexibility index (Phi) is 6.45. The smallest absolute Gasteiger partial charge is 0.191 e. The Hall–Kier alpha value is -2.41. The lowest BCUT2D eigenvalue weighted by atomic mass is 10.2. The van der Waals surface area contributed by atoms with Crippen molar-refractivity contribution < 1.29 is 8.78 Å². The van der Waals surface area contributed by atoms with E-state index in [1.54, 1.807) is 24.2 Å². The number of hydrogen-bond acceptors (Lipinski definition) is 3. The number of nitrogens with one attached hydrogen (secondary N) is 2. The maximum Gasteiger partial charge on any atom is 0.191 e. The molecule has 0 spiro atoms. The van der Waals surface area contributed by atoms with Crippen LogP contribution < -0.4 is 15.5 Å². The first-order valence-electron chi connectivity index (χ1n) is 8.83. The van der Waals surface area contributed by atoms with Crippen LogP contribution in [0.5, 0.6) is 0 Å². The summed E-state index contributed by atoms with van der Waals surface area (Å²) in [5.74, 6) is -0.401. The molecule has 0 amide bonds. The Morgan fingerprint density at radius 2 is 2.07 bits per heavy atom. The Morgan fingerprint density at radius 3 is 2.74 bits per heavy atom. The standard InChI is InChI=1S/C19H22ClF2N5/c1-23-19(24-9-7-13-5-6-17(20)25-11-13)26-14-8-10-27(12-14)18-15(21)3-2-4-16(18)22/h2-6,11,14H,7-10,12H2,1H3,(H2,23,24,26). The van der Waals surface area contributed by atoms with Crippen molar-refractivity contribution >= 4 is 23.2 Å². The van der Waals surface area contributed by atoms with Crippen molar-refractivity contribution in [2.24, 2.45) is 4.99 Å². The fourth-order valence-electron chi connectivity index (χ4n) is 3.14. The highest BCUT2D eigenvalue weighted by atomic mass is 35.5. The Bertz CT molecular complexity index is 777. The largest absolute Gasteiger partial charge is 0.365 e. The number of hydrogen-bond donors (Lipinski definition) is 2. The summed E-state index contributed by atoms with van der Waals surface area (Å²) >= 11 is 5.78. The van der Waals surface area contributed by atoms with Crippen molar-refractivity contribution in [1.82, 2.24) is 15.6 Å². The number of aliphatic imine (C=N–C) groups is 1. The van der Waals surface area contributed by atoms with Crippen LogP contribution in [0.4, 0.5) is 14.5 Å². The quantitative estimate of drug-likeness (QED) is 0.466. The highest BCUT2D eigenvalue weighted by Crippen LogP contribution is 2.26. The van der Waals surface area contributed by atoms with Gasteiger partial charge in [0.05, 0.1) is 0 Å². The second-order valence-corrected chi connectivity index (χ2v) is 6.77. The second kappa shape index (κ2) is 8.99. The molecule has 27 heavy (non-hydrogen) atoms. The minimum absolute atomic E-state index is 0.0417. The van der Waals surface area contributed by atoms with Gasteiger partial charge in [-0.1, -0.05) is 23.7 Å². The maximum atomic E-state index is 14.0. The average molecular weight is 394 g/mol. The Balaban J connectivity index is 1.50. The van der Waals surface area contributed by atoms with E-state index in [1.807, 2.05) is 6.07 Å². The summed E-state index contributed by atoms with van der Waals surface area (Å²) in [7, 11) is 1.70. The van der Waals surface area contributed by atoms with Crippen LogP contribution in [-0.2, 0) is 6.42 Å². The van der Waals surface area contributed by atoms with Gasteiger partial charge in [-0.15, -0.1) is 0 Å². The molecule has 1 aliphatic rings. The molecule has 8 heteroatoms. The highest BCUT2D eigenvalue weighted by Gasteiger charge is 2.27. The molecule has 1 aromatic carbocycles. The first kappa shape index (κ1) is 19.4. The molecule has 0 aliphatic carbocycles. The van der Waals surface area contributed by atoms with Gasteiger partial charge in [0.25, 0.3) is 0 Å². The predicted molar refractivity (Wildman–Crippen MR) is 104 cm³/mol. The van der Waals surface area contributed by atoms with Crippen LogP contribution in [0.15, 0.2) is 41.5 Å². The van der Waals surface area contributed by atoms with Gasteiger partial charge in [-0.2, -0.15) is 0 Å². The third-order valence-corrected chi connectivity index (χ3v) is 4.72. The summed E-state index contributed by atoms with van der Waals surface area (Å²) in [6.07, 6.45) is 3.30. The first-order valence-corrected chi connectivity index (χ1v) is 9.21. The van der Waals surface area contributed by atoms with Gasteiger partial charge in [0.1, 0.15) is 22.5 Å². The molecular weight excluding hydrogens is 372 g/mol. The minimum atomic E-state index is -0.533. The fourth-order valence-corrected chi connectivity index (χ4v) is 3.25. The molecule has 0 saturated carbocycles. The summed E-state index contributed by atoms with van der Waals surface area (Å²) in [6.45, 7) is 1.78. The maximum absolute atomic E-state index is 14.0. The topological polar surface area (TPSA) is 52.6 Å². The number of guanidine groups is 1. The number of para-hydroxylation sites is 1. The van der Waals surface area contributed by atoms with Crippen LogP contribution in [0, 0.1) is 11.6 Å². The number of pyridine rings is 1. The van der Waals surface area contributed by atoms with E-state index in [9.17, 15) is 8.78 Å². The zero-order valence-corrected chi connectivity index (χ0v) is 15.8. The molecule has 5 nitrogen and oxygen atoms in total. The summed E-state index contributed by atoms with van der Waals surface area (Å²) in [4.78, 5) is 10.0. The second-order valence-electron chi connectivity index (χ2n) is 6.38. The predicted octanol–water partition coefficient (Wildman–Crippen LogP) is 3.00. The minimum Gasteiger partial charge on any atom is -0.365 e. The SMILES string of the molecule is CN=C(NCCc1ccc(Cl)nc1)NC1CCN(c2c(F)cccc2F)C1. The van der Waals surface area contributed by atoms with Crippen LogP contribution in [-0.4, -0.2) is 43.7 Å². The van der Waals surface area contributed by atoms with E-state index in [-0.39, 0.29) is 11.7 Å². The molecule has 1 unspecified atom stereocenters. The van der Waals surface area contributed by atoms with E-state index in [4.69, 9.17) is 11.6 Å². The fraction of sp³-hybridized carbons (Fsp3) is 0.368. The van der Waals surface area contributed by atoms with Gasteiger partial charge in [-0.05, 0) is 36.6 Å². The third kappa shape index (κ3) is 5.07. The molecule has 2 aromatic rings. The molecule has 1 aliphatic heterocycles. The van der Waals surface area contributed by atoms with Gasteiger partial charge >= 0.3 is 0 Å². The lowest BCUT2D eigenvalue weighted by Gasteiger charge is -2.21. The monoisotopic (exact) mass is 393 g/mol. The van der Waals surface area contributed by atoms with Gasteiger partial charge in [0, 0.05) is 38.9 Å². The van der Waals surface area contributed by atoms with Crippen molar-refractivity contribution in [1.29, 1.82) is 0 Å². The Morgan fingerprint density at radius 1 is 1.30 bits per heavy atom. The zero-order valence-electron chi connectivity index (χ0n) is 15.1. The van der Waals surface area contributed by atoms with Crippen molar-refractivity contribution in [2.45, 2.75) is 18.9 Å².